The smallest absolute Gasteiger partial charge is 0.205 e. The van der Waals surface area contributed by atoms with Crippen molar-refractivity contribution in [1.29, 1.82) is 0 Å². The number of rotatable bonds is 2. The summed E-state index contributed by atoms with van der Waals surface area (Å²) in [5.74, 6) is 0. The SMILES string of the molecule is FC(F)c1cc(-c2cc(Cl)c(Cl)cc2Cl)cc(C(F)(F)F)c1. The predicted molar refractivity (Wildman–Crippen MR) is 76.9 cm³/mol. The standard InChI is InChI=1S/C14H6Cl3F5/c15-10-5-12(17)11(16)4-9(10)6-1-7(13(18)19)3-8(2-6)14(20,21)22/h1-5,13H. The van der Waals surface area contributed by atoms with Crippen molar-refractivity contribution < 1.29 is 22.0 Å². The van der Waals surface area contributed by atoms with Crippen molar-refractivity contribution >= 4 is 34.8 Å². The van der Waals surface area contributed by atoms with Gasteiger partial charge in [-0.2, -0.15) is 13.2 Å². The van der Waals surface area contributed by atoms with Gasteiger partial charge in [-0.15, -0.1) is 0 Å². The lowest BCUT2D eigenvalue weighted by atomic mass is 9.99. The maximum Gasteiger partial charge on any atom is 0.416 e. The van der Waals surface area contributed by atoms with Crippen molar-refractivity contribution in [2.45, 2.75) is 12.6 Å². The Bertz CT molecular complexity index is 710. The van der Waals surface area contributed by atoms with Crippen LogP contribution in [0, 0.1) is 0 Å². The molecule has 2 aromatic rings. The fourth-order valence-corrected chi connectivity index (χ4v) is 2.50. The van der Waals surface area contributed by atoms with Crippen LogP contribution < -0.4 is 0 Å². The minimum atomic E-state index is -4.76. The number of hydrogen-bond donors (Lipinski definition) is 0. The van der Waals surface area contributed by atoms with Gasteiger partial charge in [-0.3, -0.25) is 0 Å². The van der Waals surface area contributed by atoms with E-state index in [1.807, 2.05) is 0 Å². The van der Waals surface area contributed by atoms with Crippen LogP contribution in [-0.2, 0) is 6.18 Å². The topological polar surface area (TPSA) is 0 Å². The highest BCUT2D eigenvalue weighted by molar-refractivity contribution is 6.44. The van der Waals surface area contributed by atoms with Crippen LogP contribution in [0.1, 0.15) is 17.6 Å². The van der Waals surface area contributed by atoms with Gasteiger partial charge in [0.05, 0.1) is 15.6 Å². The molecule has 0 bridgehead atoms. The van der Waals surface area contributed by atoms with Crippen molar-refractivity contribution in [1.82, 2.24) is 0 Å². The molecule has 0 spiro atoms. The molecule has 0 nitrogen and oxygen atoms in total. The molecule has 2 rings (SSSR count). The van der Waals surface area contributed by atoms with Gasteiger partial charge in [-0.05, 0) is 35.9 Å². The first-order chi connectivity index (χ1) is 10.1. The molecule has 0 unspecified atom stereocenters. The van der Waals surface area contributed by atoms with Crippen LogP contribution in [0.25, 0.3) is 11.1 Å². The van der Waals surface area contributed by atoms with Crippen molar-refractivity contribution in [2.24, 2.45) is 0 Å². The number of halogens is 8. The Balaban J connectivity index is 2.70. The van der Waals surface area contributed by atoms with E-state index < -0.39 is 23.7 Å². The molecule has 0 saturated heterocycles. The Morgan fingerprint density at radius 2 is 1.36 bits per heavy atom. The maximum absolute atomic E-state index is 12.8. The van der Waals surface area contributed by atoms with Crippen molar-refractivity contribution in [3.8, 4) is 11.1 Å². The molecule has 0 atom stereocenters. The highest BCUT2D eigenvalue weighted by atomic mass is 35.5. The fraction of sp³-hybridized carbons (Fsp3) is 0.143. The molecule has 118 valence electrons. The summed E-state index contributed by atoms with van der Waals surface area (Å²) < 4.78 is 64.2. The number of hydrogen-bond acceptors (Lipinski definition) is 0. The summed E-state index contributed by atoms with van der Waals surface area (Å²) in [4.78, 5) is 0. The molecule has 0 fully saturated rings. The van der Waals surface area contributed by atoms with E-state index in [0.717, 1.165) is 12.1 Å². The van der Waals surface area contributed by atoms with Crippen LogP contribution in [0.3, 0.4) is 0 Å². The second kappa shape index (κ2) is 6.22. The van der Waals surface area contributed by atoms with Crippen LogP contribution in [-0.4, -0.2) is 0 Å². The summed E-state index contributed by atoms with van der Waals surface area (Å²) in [7, 11) is 0. The average Bonchev–Trinajstić information content (AvgIpc) is 2.41. The van der Waals surface area contributed by atoms with Gasteiger partial charge in [0.15, 0.2) is 0 Å². The predicted octanol–water partition coefficient (Wildman–Crippen LogP) is 7.27. The number of alkyl halides is 5. The Labute approximate surface area is 137 Å². The normalized spacial score (nSPS) is 12.0. The molecule has 8 heteroatoms. The highest BCUT2D eigenvalue weighted by Gasteiger charge is 2.32. The van der Waals surface area contributed by atoms with Gasteiger partial charge in [0.25, 0.3) is 6.43 Å². The summed E-state index contributed by atoms with van der Waals surface area (Å²) >= 11 is 17.5. The molecule has 0 aliphatic heterocycles. The lowest BCUT2D eigenvalue weighted by molar-refractivity contribution is -0.137. The average molecular weight is 376 g/mol. The summed E-state index contributed by atoms with van der Waals surface area (Å²) in [6.45, 7) is 0. The Morgan fingerprint density at radius 1 is 0.773 bits per heavy atom. The first-order valence-corrected chi connectivity index (χ1v) is 6.88. The van der Waals surface area contributed by atoms with Crippen molar-refractivity contribution in [3.63, 3.8) is 0 Å². The molecule has 0 aromatic heterocycles. The molecular formula is C14H6Cl3F5. The Hall–Kier alpha value is -1.04. The second-order valence-electron chi connectivity index (χ2n) is 4.39. The van der Waals surface area contributed by atoms with E-state index in [2.05, 4.69) is 0 Å². The summed E-state index contributed by atoms with van der Waals surface area (Å²) in [6.07, 6.45) is -7.81. The van der Waals surface area contributed by atoms with Crippen LogP contribution in [0.15, 0.2) is 30.3 Å². The third kappa shape index (κ3) is 3.65. The lowest BCUT2D eigenvalue weighted by Gasteiger charge is -2.13. The molecule has 22 heavy (non-hydrogen) atoms. The third-order valence-corrected chi connectivity index (χ3v) is 3.89. The van der Waals surface area contributed by atoms with E-state index in [9.17, 15) is 22.0 Å². The maximum atomic E-state index is 12.8. The summed E-state index contributed by atoms with van der Waals surface area (Å²) in [5, 5.41) is 0.169. The fourth-order valence-electron chi connectivity index (χ4n) is 1.84. The zero-order chi connectivity index (χ0) is 16.7. The molecule has 0 radical (unpaired) electrons. The first-order valence-electron chi connectivity index (χ1n) is 5.75. The Morgan fingerprint density at radius 3 is 1.91 bits per heavy atom. The largest absolute Gasteiger partial charge is 0.416 e. The molecule has 0 heterocycles. The van der Waals surface area contributed by atoms with Gasteiger partial charge in [0, 0.05) is 16.1 Å². The van der Waals surface area contributed by atoms with E-state index >= 15 is 0 Å². The van der Waals surface area contributed by atoms with Gasteiger partial charge in [0.1, 0.15) is 0 Å². The highest BCUT2D eigenvalue weighted by Crippen LogP contribution is 2.40. The van der Waals surface area contributed by atoms with Gasteiger partial charge < -0.3 is 0 Å². The third-order valence-electron chi connectivity index (χ3n) is 2.86. The van der Waals surface area contributed by atoms with Gasteiger partial charge in [0.2, 0.25) is 0 Å². The number of benzene rings is 2. The molecule has 2 aromatic carbocycles. The lowest BCUT2D eigenvalue weighted by Crippen LogP contribution is -2.06. The van der Waals surface area contributed by atoms with Crippen LogP contribution in [0.5, 0.6) is 0 Å². The van der Waals surface area contributed by atoms with Crippen molar-refractivity contribution in [3.05, 3.63) is 56.5 Å². The van der Waals surface area contributed by atoms with Gasteiger partial charge in [-0.25, -0.2) is 8.78 Å². The Kier molecular flexibility index (Phi) is 4.90. The molecule has 0 aliphatic rings. The molecule has 0 amide bonds. The van der Waals surface area contributed by atoms with E-state index in [1.165, 1.54) is 12.1 Å². The molecule has 0 N–H and O–H groups in total. The van der Waals surface area contributed by atoms with Crippen LogP contribution >= 0.6 is 34.8 Å². The van der Waals surface area contributed by atoms with Crippen molar-refractivity contribution in [2.75, 3.05) is 0 Å². The van der Waals surface area contributed by atoms with E-state index in [4.69, 9.17) is 34.8 Å². The molecular weight excluding hydrogens is 370 g/mol. The van der Waals surface area contributed by atoms with Crippen LogP contribution in [0.4, 0.5) is 22.0 Å². The van der Waals surface area contributed by atoms with E-state index in [-0.39, 0.29) is 26.2 Å². The quantitative estimate of drug-likeness (QED) is 0.382. The van der Waals surface area contributed by atoms with E-state index in [0.29, 0.717) is 6.07 Å². The minimum Gasteiger partial charge on any atom is -0.205 e. The zero-order valence-electron chi connectivity index (χ0n) is 10.5. The first kappa shape index (κ1) is 17.3. The van der Waals surface area contributed by atoms with E-state index in [1.54, 1.807) is 0 Å². The van der Waals surface area contributed by atoms with Gasteiger partial charge >= 0.3 is 6.18 Å². The van der Waals surface area contributed by atoms with Crippen LogP contribution in [0.2, 0.25) is 15.1 Å². The molecule has 0 aliphatic carbocycles. The second-order valence-corrected chi connectivity index (χ2v) is 5.61. The minimum absolute atomic E-state index is 0.00828. The molecule has 0 saturated carbocycles. The summed E-state index contributed by atoms with van der Waals surface area (Å²) in [6, 6.07) is 4.54. The monoisotopic (exact) mass is 374 g/mol. The van der Waals surface area contributed by atoms with Gasteiger partial charge in [-0.1, -0.05) is 34.8 Å². The summed E-state index contributed by atoms with van der Waals surface area (Å²) in [5.41, 5.74) is -1.98. The zero-order valence-corrected chi connectivity index (χ0v) is 12.8.